The lowest BCUT2D eigenvalue weighted by Crippen LogP contribution is -2.38. The monoisotopic (exact) mass is 390 g/mol. The van der Waals surface area contributed by atoms with Crippen molar-refractivity contribution < 1.29 is 8.42 Å². The second-order valence-corrected chi connectivity index (χ2v) is 10.5. The van der Waals surface area contributed by atoms with E-state index in [0.29, 0.717) is 16.8 Å². The maximum atomic E-state index is 12.2. The molecule has 1 N–H and O–H groups in total. The van der Waals surface area contributed by atoms with Crippen LogP contribution in [0, 0.1) is 5.92 Å². The van der Waals surface area contributed by atoms with Gasteiger partial charge in [0.1, 0.15) is 4.21 Å². The van der Waals surface area contributed by atoms with Crippen LogP contribution in [0.2, 0.25) is 4.34 Å². The van der Waals surface area contributed by atoms with Crippen LogP contribution in [0.15, 0.2) is 33.9 Å². The lowest BCUT2D eigenvalue weighted by Gasteiger charge is -2.31. The van der Waals surface area contributed by atoms with Crippen molar-refractivity contribution in [2.75, 3.05) is 19.6 Å². The molecule has 0 saturated carbocycles. The number of thiophene rings is 2. The molecule has 2 aromatic rings. The van der Waals surface area contributed by atoms with Crippen LogP contribution >= 0.6 is 34.3 Å². The maximum Gasteiger partial charge on any atom is 0.250 e. The number of likely N-dealkylation sites (tertiary alicyclic amines) is 1. The highest BCUT2D eigenvalue weighted by Gasteiger charge is 2.22. The van der Waals surface area contributed by atoms with Crippen LogP contribution in [-0.4, -0.2) is 33.0 Å². The predicted octanol–water partition coefficient (Wildman–Crippen LogP) is 3.65. The van der Waals surface area contributed by atoms with Gasteiger partial charge >= 0.3 is 0 Å². The van der Waals surface area contributed by atoms with E-state index < -0.39 is 10.0 Å². The first kappa shape index (κ1) is 17.4. The molecule has 0 aromatic carbocycles. The molecule has 1 fully saturated rings. The summed E-state index contributed by atoms with van der Waals surface area (Å²) in [5.74, 6) is 0.403. The first-order valence-electron chi connectivity index (χ1n) is 7.53. The summed E-state index contributed by atoms with van der Waals surface area (Å²) in [6, 6.07) is 7.41. The van der Waals surface area contributed by atoms with E-state index in [4.69, 9.17) is 11.6 Å². The summed E-state index contributed by atoms with van der Waals surface area (Å²) in [6.07, 6.45) is 2.05. The molecule has 23 heavy (non-hydrogen) atoms. The van der Waals surface area contributed by atoms with Crippen molar-refractivity contribution in [2.24, 2.45) is 5.92 Å². The fraction of sp³-hybridized carbons (Fsp3) is 0.467. The number of halogens is 1. The fourth-order valence-electron chi connectivity index (χ4n) is 2.71. The van der Waals surface area contributed by atoms with Crippen LogP contribution in [0.3, 0.4) is 0 Å². The Morgan fingerprint density at radius 3 is 2.65 bits per heavy atom. The minimum absolute atomic E-state index is 0.289. The van der Waals surface area contributed by atoms with Gasteiger partial charge in [-0.1, -0.05) is 17.7 Å². The van der Waals surface area contributed by atoms with Crippen molar-refractivity contribution >= 4 is 44.3 Å². The number of hydrogen-bond acceptors (Lipinski definition) is 5. The molecule has 3 rings (SSSR count). The predicted molar refractivity (Wildman–Crippen MR) is 96.8 cm³/mol. The Morgan fingerprint density at radius 1 is 1.26 bits per heavy atom. The van der Waals surface area contributed by atoms with Gasteiger partial charge in [0.25, 0.3) is 0 Å². The summed E-state index contributed by atoms with van der Waals surface area (Å²) in [6.45, 7) is 3.55. The molecule has 0 amide bonds. The second kappa shape index (κ2) is 7.63. The van der Waals surface area contributed by atoms with Gasteiger partial charge in [0, 0.05) is 18.0 Å². The first-order chi connectivity index (χ1) is 11.0. The molecule has 0 aliphatic carbocycles. The molecule has 4 nitrogen and oxygen atoms in total. The summed E-state index contributed by atoms with van der Waals surface area (Å²) in [7, 11) is -3.42. The average molecular weight is 391 g/mol. The normalized spacial score (nSPS) is 17.6. The van der Waals surface area contributed by atoms with Crippen LogP contribution in [0.25, 0.3) is 0 Å². The van der Waals surface area contributed by atoms with E-state index in [1.165, 1.54) is 4.88 Å². The number of hydrogen-bond donors (Lipinski definition) is 1. The number of rotatable bonds is 6. The molecular formula is C15H19ClN2O2S3. The number of piperidine rings is 1. The first-order valence-corrected chi connectivity index (χ1v) is 11.1. The zero-order valence-corrected chi connectivity index (χ0v) is 15.8. The minimum Gasteiger partial charge on any atom is -0.298 e. The van der Waals surface area contributed by atoms with E-state index in [9.17, 15) is 8.42 Å². The topological polar surface area (TPSA) is 49.4 Å². The van der Waals surface area contributed by atoms with Gasteiger partial charge in [0.05, 0.1) is 4.34 Å². The third-order valence-corrected chi connectivity index (χ3v) is 8.05. The largest absolute Gasteiger partial charge is 0.298 e. The highest BCUT2D eigenvalue weighted by atomic mass is 35.5. The molecule has 0 unspecified atom stereocenters. The Morgan fingerprint density at radius 2 is 2.04 bits per heavy atom. The molecule has 0 spiro atoms. The Balaban J connectivity index is 1.45. The molecule has 0 bridgehead atoms. The van der Waals surface area contributed by atoms with Crippen LogP contribution < -0.4 is 4.72 Å². The van der Waals surface area contributed by atoms with Crippen molar-refractivity contribution in [3.63, 3.8) is 0 Å². The second-order valence-electron chi connectivity index (χ2n) is 5.71. The van der Waals surface area contributed by atoms with Gasteiger partial charge in [0.15, 0.2) is 0 Å². The molecule has 0 radical (unpaired) electrons. The molecule has 2 aromatic heterocycles. The van der Waals surface area contributed by atoms with E-state index in [2.05, 4.69) is 27.1 Å². The van der Waals surface area contributed by atoms with Gasteiger partial charge in [0.2, 0.25) is 10.0 Å². The fourth-order valence-corrected chi connectivity index (χ4v) is 6.10. The number of nitrogens with one attached hydrogen (secondary N) is 1. The molecule has 3 heterocycles. The van der Waals surface area contributed by atoms with Gasteiger partial charge in [-0.3, -0.25) is 4.90 Å². The summed E-state index contributed by atoms with van der Waals surface area (Å²) >= 11 is 8.69. The number of sulfonamides is 1. The quantitative estimate of drug-likeness (QED) is 0.818. The molecular weight excluding hydrogens is 372 g/mol. The van der Waals surface area contributed by atoms with Gasteiger partial charge in [-0.15, -0.1) is 22.7 Å². The van der Waals surface area contributed by atoms with Gasteiger partial charge in [-0.2, -0.15) is 0 Å². The Hall–Kier alpha value is -0.440. The van der Waals surface area contributed by atoms with Crippen molar-refractivity contribution in [3.05, 3.63) is 38.9 Å². The zero-order chi connectivity index (χ0) is 16.3. The lowest BCUT2D eigenvalue weighted by atomic mass is 9.97. The highest BCUT2D eigenvalue weighted by molar-refractivity contribution is 7.91. The van der Waals surface area contributed by atoms with Crippen LogP contribution in [0.1, 0.15) is 17.7 Å². The molecule has 0 atom stereocenters. The van der Waals surface area contributed by atoms with E-state index in [1.807, 2.05) is 0 Å². The van der Waals surface area contributed by atoms with Crippen LogP contribution in [0.5, 0.6) is 0 Å². The SMILES string of the molecule is O=S(=O)(NCC1CCN(Cc2cccs2)CC1)c1ccc(Cl)s1. The number of nitrogens with zero attached hydrogens (tertiary/aromatic N) is 1. The Bertz CT molecular complexity index is 720. The third-order valence-electron chi connectivity index (χ3n) is 4.04. The molecule has 1 aliphatic rings. The van der Waals surface area contributed by atoms with E-state index in [-0.39, 0.29) is 4.21 Å². The third kappa shape index (κ3) is 4.78. The van der Waals surface area contributed by atoms with Crippen LogP contribution in [0.4, 0.5) is 0 Å². The van der Waals surface area contributed by atoms with E-state index in [1.54, 1.807) is 23.5 Å². The molecule has 1 aliphatic heterocycles. The summed E-state index contributed by atoms with van der Waals surface area (Å²) in [5, 5.41) is 2.10. The molecule has 1 saturated heterocycles. The zero-order valence-electron chi connectivity index (χ0n) is 12.6. The standard InChI is InChI=1S/C15H19ClN2O2S3/c16-14-3-4-15(22-14)23(19,20)17-10-12-5-7-18(8-6-12)11-13-2-1-9-21-13/h1-4,9,12,17H,5-8,10-11H2. The van der Waals surface area contributed by atoms with Gasteiger partial charge < -0.3 is 0 Å². The van der Waals surface area contributed by atoms with Crippen molar-refractivity contribution in [3.8, 4) is 0 Å². The van der Waals surface area contributed by atoms with Gasteiger partial charge in [-0.05, 0) is 55.4 Å². The lowest BCUT2D eigenvalue weighted by molar-refractivity contribution is 0.180. The minimum atomic E-state index is -3.42. The van der Waals surface area contributed by atoms with Crippen molar-refractivity contribution in [1.82, 2.24) is 9.62 Å². The Labute approximate surface area is 150 Å². The van der Waals surface area contributed by atoms with E-state index in [0.717, 1.165) is 43.8 Å². The van der Waals surface area contributed by atoms with Crippen LogP contribution in [-0.2, 0) is 16.6 Å². The highest BCUT2D eigenvalue weighted by Crippen LogP contribution is 2.26. The molecule has 126 valence electrons. The molecule has 8 heteroatoms. The van der Waals surface area contributed by atoms with Crippen molar-refractivity contribution in [2.45, 2.75) is 23.6 Å². The summed E-state index contributed by atoms with van der Waals surface area (Å²) < 4.78 is 27.9. The summed E-state index contributed by atoms with van der Waals surface area (Å²) in [5.41, 5.74) is 0. The van der Waals surface area contributed by atoms with Gasteiger partial charge in [-0.25, -0.2) is 13.1 Å². The van der Waals surface area contributed by atoms with E-state index >= 15 is 0 Å². The van der Waals surface area contributed by atoms with Crippen molar-refractivity contribution in [1.29, 1.82) is 0 Å². The average Bonchev–Trinajstić information content (AvgIpc) is 3.18. The summed E-state index contributed by atoms with van der Waals surface area (Å²) in [4.78, 5) is 3.83. The maximum absolute atomic E-state index is 12.2. The smallest absolute Gasteiger partial charge is 0.250 e. The Kier molecular flexibility index (Phi) is 5.77.